The molecule has 2 rings (SSSR count). The molecule has 0 aliphatic carbocycles. The number of esters is 1. The van der Waals surface area contributed by atoms with Gasteiger partial charge in [0.25, 0.3) is 0 Å². The molecule has 0 saturated heterocycles. The number of pyridine rings is 1. The van der Waals surface area contributed by atoms with Crippen LogP contribution in [0.25, 0.3) is 10.9 Å². The molecule has 0 fully saturated rings. The van der Waals surface area contributed by atoms with Crippen molar-refractivity contribution in [3.8, 4) is 0 Å². The SMILES string of the molecule is CC(C)(C)OC(=O)Cn1cc(I)c2cc(Cl)ncc21. The van der Waals surface area contributed by atoms with E-state index in [1.54, 1.807) is 12.3 Å². The topological polar surface area (TPSA) is 44.1 Å². The first-order valence-electron chi connectivity index (χ1n) is 5.78. The molecule has 4 nitrogen and oxygen atoms in total. The summed E-state index contributed by atoms with van der Waals surface area (Å²) >= 11 is 8.09. The molecule has 0 saturated carbocycles. The van der Waals surface area contributed by atoms with Crippen LogP contribution in [-0.4, -0.2) is 21.1 Å². The van der Waals surface area contributed by atoms with Gasteiger partial charge in [0.05, 0.1) is 11.7 Å². The van der Waals surface area contributed by atoms with Gasteiger partial charge in [-0.05, 0) is 49.4 Å². The number of rotatable bonds is 2. The highest BCUT2D eigenvalue weighted by Crippen LogP contribution is 2.24. The summed E-state index contributed by atoms with van der Waals surface area (Å²) in [6, 6.07) is 1.80. The molecule has 19 heavy (non-hydrogen) atoms. The smallest absolute Gasteiger partial charge is 0.326 e. The van der Waals surface area contributed by atoms with E-state index in [0.717, 1.165) is 14.5 Å². The van der Waals surface area contributed by atoms with Gasteiger partial charge in [-0.3, -0.25) is 4.79 Å². The molecule has 6 heteroatoms. The van der Waals surface area contributed by atoms with Gasteiger partial charge in [0.2, 0.25) is 0 Å². The zero-order chi connectivity index (χ0) is 14.2. The quantitative estimate of drug-likeness (QED) is 0.445. The molecule has 0 atom stereocenters. The van der Waals surface area contributed by atoms with E-state index in [1.807, 2.05) is 31.5 Å². The van der Waals surface area contributed by atoms with E-state index in [9.17, 15) is 4.79 Å². The Hall–Kier alpha value is -0.820. The average molecular weight is 393 g/mol. The van der Waals surface area contributed by atoms with Crippen molar-refractivity contribution in [2.75, 3.05) is 0 Å². The summed E-state index contributed by atoms with van der Waals surface area (Å²) in [4.78, 5) is 15.9. The minimum absolute atomic E-state index is 0.167. The van der Waals surface area contributed by atoms with Crippen molar-refractivity contribution < 1.29 is 9.53 Å². The Kier molecular flexibility index (Phi) is 4.06. The second-order valence-corrected chi connectivity index (χ2v) is 6.76. The van der Waals surface area contributed by atoms with Gasteiger partial charge in [0, 0.05) is 15.2 Å². The molecule has 0 N–H and O–H groups in total. The van der Waals surface area contributed by atoms with Crippen LogP contribution in [0.3, 0.4) is 0 Å². The summed E-state index contributed by atoms with van der Waals surface area (Å²) < 4.78 is 8.17. The van der Waals surface area contributed by atoms with Crippen molar-refractivity contribution >= 4 is 51.1 Å². The van der Waals surface area contributed by atoms with Crippen LogP contribution in [0.15, 0.2) is 18.5 Å². The normalized spacial score (nSPS) is 11.8. The van der Waals surface area contributed by atoms with Crippen LogP contribution >= 0.6 is 34.2 Å². The van der Waals surface area contributed by atoms with E-state index in [1.165, 1.54) is 0 Å². The van der Waals surface area contributed by atoms with Crippen LogP contribution < -0.4 is 0 Å². The third-order valence-corrected chi connectivity index (χ3v) is 3.47. The van der Waals surface area contributed by atoms with Gasteiger partial charge >= 0.3 is 5.97 Å². The first kappa shape index (κ1) is 14.6. The van der Waals surface area contributed by atoms with Crippen molar-refractivity contribution in [3.05, 3.63) is 27.2 Å². The van der Waals surface area contributed by atoms with E-state index in [2.05, 4.69) is 27.6 Å². The Morgan fingerprint density at radius 2 is 2.21 bits per heavy atom. The summed E-state index contributed by atoms with van der Waals surface area (Å²) in [5.74, 6) is -0.268. The van der Waals surface area contributed by atoms with E-state index < -0.39 is 5.60 Å². The van der Waals surface area contributed by atoms with E-state index in [-0.39, 0.29) is 12.5 Å². The summed E-state index contributed by atoms with van der Waals surface area (Å²) in [6.07, 6.45) is 3.57. The number of fused-ring (bicyclic) bond motifs is 1. The van der Waals surface area contributed by atoms with Crippen molar-refractivity contribution in [1.29, 1.82) is 0 Å². The molecule has 102 valence electrons. The van der Waals surface area contributed by atoms with Gasteiger partial charge in [-0.15, -0.1) is 0 Å². The first-order chi connectivity index (χ1) is 8.76. The summed E-state index contributed by atoms with van der Waals surface area (Å²) in [7, 11) is 0. The molecule has 0 radical (unpaired) electrons. The number of hydrogen-bond acceptors (Lipinski definition) is 3. The molecule has 0 aliphatic heterocycles. The molecular formula is C13H14ClIN2O2. The highest BCUT2D eigenvalue weighted by molar-refractivity contribution is 14.1. The molecule has 0 aliphatic rings. The fraction of sp³-hybridized carbons (Fsp3) is 0.385. The molecule has 0 bridgehead atoms. The minimum Gasteiger partial charge on any atom is -0.459 e. The zero-order valence-electron chi connectivity index (χ0n) is 10.9. The zero-order valence-corrected chi connectivity index (χ0v) is 13.8. The minimum atomic E-state index is -0.477. The van der Waals surface area contributed by atoms with Crippen LogP contribution in [0.5, 0.6) is 0 Å². The maximum Gasteiger partial charge on any atom is 0.326 e. The molecule has 0 spiro atoms. The largest absolute Gasteiger partial charge is 0.459 e. The highest BCUT2D eigenvalue weighted by Gasteiger charge is 2.18. The van der Waals surface area contributed by atoms with Crippen molar-refractivity contribution in [1.82, 2.24) is 9.55 Å². The van der Waals surface area contributed by atoms with E-state index >= 15 is 0 Å². The Morgan fingerprint density at radius 1 is 1.53 bits per heavy atom. The van der Waals surface area contributed by atoms with Crippen LogP contribution in [0.2, 0.25) is 5.15 Å². The number of carbonyl (C=O) groups excluding carboxylic acids is 1. The lowest BCUT2D eigenvalue weighted by molar-refractivity contribution is -0.155. The maximum atomic E-state index is 11.9. The fourth-order valence-electron chi connectivity index (χ4n) is 1.76. The Labute approximate surface area is 130 Å². The standard InChI is InChI=1S/C13H14ClIN2O2/c1-13(2,3)19-12(18)7-17-6-9(15)8-4-11(14)16-5-10(8)17/h4-6H,7H2,1-3H3. The summed E-state index contributed by atoms with van der Waals surface area (Å²) in [5, 5.41) is 1.43. The Morgan fingerprint density at radius 3 is 2.84 bits per heavy atom. The van der Waals surface area contributed by atoms with Crippen LogP contribution in [0, 0.1) is 3.57 Å². The maximum absolute atomic E-state index is 11.9. The Bertz CT molecular complexity index is 631. The van der Waals surface area contributed by atoms with Crippen LogP contribution in [0.1, 0.15) is 20.8 Å². The molecule has 0 amide bonds. The fourth-order valence-corrected chi connectivity index (χ4v) is 2.69. The molecule has 2 aromatic rings. The number of nitrogens with zero attached hydrogens (tertiary/aromatic N) is 2. The predicted molar refractivity (Wildman–Crippen MR) is 83.3 cm³/mol. The third kappa shape index (κ3) is 3.60. The van der Waals surface area contributed by atoms with Gasteiger partial charge in [-0.2, -0.15) is 0 Å². The highest BCUT2D eigenvalue weighted by atomic mass is 127. The van der Waals surface area contributed by atoms with Crippen LogP contribution in [-0.2, 0) is 16.1 Å². The van der Waals surface area contributed by atoms with Gasteiger partial charge in [-0.1, -0.05) is 11.6 Å². The second kappa shape index (κ2) is 5.28. The van der Waals surface area contributed by atoms with Gasteiger partial charge < -0.3 is 9.30 Å². The number of aromatic nitrogens is 2. The summed E-state index contributed by atoms with van der Waals surface area (Å²) in [6.45, 7) is 5.72. The first-order valence-corrected chi connectivity index (χ1v) is 7.24. The number of ether oxygens (including phenoxy) is 1. The molecular weight excluding hydrogens is 379 g/mol. The number of hydrogen-bond donors (Lipinski definition) is 0. The van der Waals surface area contributed by atoms with Gasteiger partial charge in [0.1, 0.15) is 17.3 Å². The predicted octanol–water partition coefficient (Wildman–Crippen LogP) is 3.64. The van der Waals surface area contributed by atoms with Gasteiger partial charge in [-0.25, -0.2) is 4.98 Å². The number of carbonyl (C=O) groups is 1. The molecule has 2 aromatic heterocycles. The molecule has 0 unspecified atom stereocenters. The third-order valence-electron chi connectivity index (χ3n) is 2.40. The van der Waals surface area contributed by atoms with Crippen molar-refractivity contribution in [3.63, 3.8) is 0 Å². The average Bonchev–Trinajstić information content (AvgIpc) is 2.52. The van der Waals surface area contributed by atoms with Crippen molar-refractivity contribution in [2.24, 2.45) is 0 Å². The van der Waals surface area contributed by atoms with Crippen molar-refractivity contribution in [2.45, 2.75) is 32.9 Å². The summed E-state index contributed by atoms with van der Waals surface area (Å²) in [5.41, 5.74) is 0.397. The Balaban J connectivity index is 2.29. The molecule has 2 heterocycles. The monoisotopic (exact) mass is 392 g/mol. The van der Waals surface area contributed by atoms with Gasteiger partial charge in [0.15, 0.2) is 0 Å². The lowest BCUT2D eigenvalue weighted by Gasteiger charge is -2.19. The van der Waals surface area contributed by atoms with E-state index in [0.29, 0.717) is 5.15 Å². The van der Waals surface area contributed by atoms with E-state index in [4.69, 9.17) is 16.3 Å². The molecule has 0 aromatic carbocycles. The lowest BCUT2D eigenvalue weighted by atomic mass is 10.2. The lowest BCUT2D eigenvalue weighted by Crippen LogP contribution is -2.26. The second-order valence-electron chi connectivity index (χ2n) is 5.22. The number of halogens is 2. The van der Waals surface area contributed by atoms with Crippen LogP contribution in [0.4, 0.5) is 0 Å².